The zero-order chi connectivity index (χ0) is 28.9. The molecule has 4 atom stereocenters. The predicted molar refractivity (Wildman–Crippen MR) is 145 cm³/mol. The van der Waals surface area contributed by atoms with Crippen LogP contribution >= 0.6 is 11.8 Å². The fourth-order valence-electron chi connectivity index (χ4n) is 3.57. The Kier molecular flexibility index (Phi) is 12.5. The highest BCUT2D eigenvalue weighted by Gasteiger charge is 2.30. The Morgan fingerprint density at radius 3 is 1.72 bits per heavy atom. The van der Waals surface area contributed by atoms with Crippen molar-refractivity contribution < 1.29 is 39.6 Å². The Morgan fingerprint density at radius 2 is 1.23 bits per heavy atom. The first-order valence-corrected chi connectivity index (χ1v) is 13.5. The molecule has 4 unspecified atom stereocenters. The number of hydrogen-bond acceptors (Lipinski definition) is 9. The van der Waals surface area contributed by atoms with Gasteiger partial charge in [0, 0.05) is 6.42 Å². The summed E-state index contributed by atoms with van der Waals surface area (Å²) in [7, 11) is 0. The zero-order valence-electron chi connectivity index (χ0n) is 21.4. The molecule has 0 fully saturated rings. The molecule has 2 aromatic carbocycles. The molecule has 0 aliphatic rings. The largest absolute Gasteiger partial charge is 0.508 e. The highest BCUT2D eigenvalue weighted by atomic mass is 32.2. The second kappa shape index (κ2) is 15.6. The monoisotopic (exact) mass is 562 g/mol. The summed E-state index contributed by atoms with van der Waals surface area (Å²) in [5, 5.41) is 45.5. The number of phenols is 2. The Morgan fingerprint density at radius 1 is 0.769 bits per heavy atom. The molecule has 0 heterocycles. The lowest BCUT2D eigenvalue weighted by Crippen LogP contribution is -2.58. The number of nitrogens with two attached hydrogens (primary N) is 1. The van der Waals surface area contributed by atoms with E-state index < -0.39 is 54.5 Å². The van der Waals surface area contributed by atoms with Gasteiger partial charge in [-0.05, 0) is 60.2 Å². The molecule has 0 aliphatic carbocycles. The maximum atomic E-state index is 13.1. The normalized spacial score (nSPS) is 13.9. The molecule has 0 saturated heterocycles. The van der Waals surface area contributed by atoms with E-state index in [1.807, 2.05) is 0 Å². The van der Waals surface area contributed by atoms with Gasteiger partial charge in [0.2, 0.25) is 17.7 Å². The minimum Gasteiger partial charge on any atom is -0.508 e. The van der Waals surface area contributed by atoms with Crippen LogP contribution in [-0.4, -0.2) is 86.9 Å². The molecule has 2 rings (SSSR count). The van der Waals surface area contributed by atoms with Gasteiger partial charge in [-0.15, -0.1) is 0 Å². The summed E-state index contributed by atoms with van der Waals surface area (Å²) in [5.74, 6) is -3.06. The van der Waals surface area contributed by atoms with Crippen molar-refractivity contribution in [2.45, 2.75) is 43.4 Å². The molecule has 0 saturated carbocycles. The van der Waals surface area contributed by atoms with Crippen LogP contribution in [0.4, 0.5) is 0 Å². The van der Waals surface area contributed by atoms with Crippen molar-refractivity contribution in [2.24, 2.45) is 5.73 Å². The van der Waals surface area contributed by atoms with Gasteiger partial charge in [0.15, 0.2) is 0 Å². The van der Waals surface area contributed by atoms with Gasteiger partial charge >= 0.3 is 5.97 Å². The summed E-state index contributed by atoms with van der Waals surface area (Å²) in [6, 6.07) is 7.00. The molecule has 3 amide bonds. The molecule has 0 aliphatic heterocycles. The Balaban J connectivity index is 2.13. The number of thioether (sulfide) groups is 1. The van der Waals surface area contributed by atoms with E-state index in [0.717, 1.165) is 0 Å². The summed E-state index contributed by atoms with van der Waals surface area (Å²) >= 11 is 1.42. The number of aliphatic hydroxyl groups is 1. The van der Waals surface area contributed by atoms with E-state index in [4.69, 9.17) is 5.73 Å². The second-order valence-corrected chi connectivity index (χ2v) is 9.82. The first-order chi connectivity index (χ1) is 18.5. The van der Waals surface area contributed by atoms with Crippen LogP contribution in [0.25, 0.3) is 0 Å². The third-order valence-corrected chi connectivity index (χ3v) is 6.42. The van der Waals surface area contributed by atoms with Crippen LogP contribution < -0.4 is 21.7 Å². The number of carbonyl (C=O) groups excluding carboxylic acids is 3. The first-order valence-electron chi connectivity index (χ1n) is 12.1. The third kappa shape index (κ3) is 10.5. The number of aliphatic hydroxyl groups excluding tert-OH is 1. The van der Waals surface area contributed by atoms with Crippen LogP contribution in [0.2, 0.25) is 0 Å². The van der Waals surface area contributed by atoms with E-state index in [-0.39, 0.29) is 30.8 Å². The van der Waals surface area contributed by atoms with Crippen LogP contribution in [0.5, 0.6) is 11.5 Å². The van der Waals surface area contributed by atoms with E-state index >= 15 is 0 Å². The van der Waals surface area contributed by atoms with E-state index in [9.17, 15) is 39.6 Å². The molecule has 0 radical (unpaired) electrons. The van der Waals surface area contributed by atoms with E-state index in [1.165, 1.54) is 48.2 Å². The van der Waals surface area contributed by atoms with E-state index in [1.54, 1.807) is 18.4 Å². The summed E-state index contributed by atoms with van der Waals surface area (Å²) in [6.45, 7) is -0.789. The summed E-state index contributed by atoms with van der Waals surface area (Å²) in [5.41, 5.74) is 7.17. The van der Waals surface area contributed by atoms with Gasteiger partial charge in [-0.2, -0.15) is 11.8 Å². The lowest BCUT2D eigenvalue weighted by atomic mass is 10.0. The topological polar surface area (TPSA) is 211 Å². The number of aromatic hydroxyl groups is 2. The Hall–Kier alpha value is -3.81. The molecule has 9 N–H and O–H groups in total. The van der Waals surface area contributed by atoms with Crippen molar-refractivity contribution in [1.29, 1.82) is 0 Å². The van der Waals surface area contributed by atoms with Gasteiger partial charge in [0.1, 0.15) is 29.6 Å². The molecule has 0 bridgehead atoms. The van der Waals surface area contributed by atoms with Gasteiger partial charge in [-0.25, -0.2) is 4.79 Å². The first kappa shape index (κ1) is 31.4. The number of phenolic OH excluding ortho intramolecular Hbond substituents is 2. The third-order valence-electron chi connectivity index (χ3n) is 5.78. The molecule has 39 heavy (non-hydrogen) atoms. The van der Waals surface area contributed by atoms with Crippen molar-refractivity contribution >= 4 is 35.5 Å². The minimum absolute atomic E-state index is 0.00139. The van der Waals surface area contributed by atoms with Crippen LogP contribution in [0.15, 0.2) is 48.5 Å². The number of nitrogens with one attached hydrogen (secondary N) is 3. The summed E-state index contributed by atoms with van der Waals surface area (Å²) in [4.78, 5) is 50.3. The molecular formula is C26H34N4O8S. The molecule has 13 heteroatoms. The van der Waals surface area contributed by atoms with E-state index in [0.29, 0.717) is 16.9 Å². The van der Waals surface area contributed by atoms with Crippen molar-refractivity contribution in [3.8, 4) is 11.5 Å². The fourth-order valence-corrected chi connectivity index (χ4v) is 4.04. The standard InChI is InChI=1S/C26H34N4O8S/c1-39-11-10-20(26(37)38)28-24(35)21(13-16-4-8-18(33)9-5-16)29-25(36)22(14-31)30-23(34)19(27)12-15-2-6-17(32)7-3-15/h2-9,19-22,31-33H,10-14,27H2,1H3,(H,28,35)(H,29,36)(H,30,34)(H,37,38). The highest BCUT2D eigenvalue weighted by Crippen LogP contribution is 2.13. The number of hydrogen-bond donors (Lipinski definition) is 8. The number of carboxylic acid groups (broad SMARTS) is 1. The molecule has 0 aromatic heterocycles. The van der Waals surface area contributed by atoms with Gasteiger partial charge in [0.05, 0.1) is 12.6 Å². The van der Waals surface area contributed by atoms with Gasteiger partial charge in [0.25, 0.3) is 0 Å². The van der Waals surface area contributed by atoms with Gasteiger partial charge in [-0.3, -0.25) is 14.4 Å². The lowest BCUT2D eigenvalue weighted by molar-refractivity contribution is -0.142. The average Bonchev–Trinajstić information content (AvgIpc) is 2.91. The van der Waals surface area contributed by atoms with Crippen molar-refractivity contribution in [3.05, 3.63) is 59.7 Å². The summed E-state index contributed by atoms with van der Waals surface area (Å²) < 4.78 is 0. The molecule has 0 spiro atoms. The van der Waals surface area contributed by atoms with Crippen LogP contribution in [0, 0.1) is 0 Å². The molecule has 212 valence electrons. The quantitative estimate of drug-likeness (QED) is 0.139. The highest BCUT2D eigenvalue weighted by molar-refractivity contribution is 7.98. The number of carbonyl (C=O) groups is 4. The number of amides is 3. The predicted octanol–water partition coefficient (Wildman–Crippen LogP) is -0.505. The average molecular weight is 563 g/mol. The second-order valence-electron chi connectivity index (χ2n) is 8.83. The molecular weight excluding hydrogens is 528 g/mol. The van der Waals surface area contributed by atoms with Crippen LogP contribution in [0.1, 0.15) is 17.5 Å². The Bertz CT molecular complexity index is 1110. The maximum absolute atomic E-state index is 13.1. The minimum atomic E-state index is -1.44. The van der Waals surface area contributed by atoms with Gasteiger partial charge < -0.3 is 42.1 Å². The number of carboxylic acids is 1. The number of aliphatic carboxylic acids is 1. The van der Waals surface area contributed by atoms with E-state index in [2.05, 4.69) is 16.0 Å². The summed E-state index contributed by atoms with van der Waals surface area (Å²) in [6.07, 6.45) is 2.01. The number of rotatable bonds is 15. The molecule has 12 nitrogen and oxygen atoms in total. The van der Waals surface area contributed by atoms with Crippen LogP contribution in [0.3, 0.4) is 0 Å². The lowest BCUT2D eigenvalue weighted by Gasteiger charge is -2.24. The van der Waals surface area contributed by atoms with Crippen LogP contribution in [-0.2, 0) is 32.0 Å². The Labute approximate surface area is 230 Å². The maximum Gasteiger partial charge on any atom is 0.326 e. The zero-order valence-corrected chi connectivity index (χ0v) is 22.2. The van der Waals surface area contributed by atoms with Gasteiger partial charge in [-0.1, -0.05) is 24.3 Å². The van der Waals surface area contributed by atoms with Crippen molar-refractivity contribution in [3.63, 3.8) is 0 Å². The smallest absolute Gasteiger partial charge is 0.326 e. The fraction of sp³-hybridized carbons (Fsp3) is 0.385. The SMILES string of the molecule is CSCCC(NC(=O)C(Cc1ccc(O)cc1)NC(=O)C(CO)NC(=O)C(N)Cc1ccc(O)cc1)C(=O)O. The molecule has 2 aromatic rings. The van der Waals surface area contributed by atoms with Crippen molar-refractivity contribution in [1.82, 2.24) is 16.0 Å². The van der Waals surface area contributed by atoms with Crippen molar-refractivity contribution in [2.75, 3.05) is 18.6 Å². The number of benzene rings is 2.